The molecule has 130 valence electrons. The summed E-state index contributed by atoms with van der Waals surface area (Å²) in [5, 5.41) is 11.2. The zero-order valence-corrected chi connectivity index (χ0v) is 13.5. The molecule has 3 amide bonds. The van der Waals surface area contributed by atoms with E-state index in [4.69, 9.17) is 10.9 Å². The van der Waals surface area contributed by atoms with Crippen LogP contribution in [0.15, 0.2) is 24.3 Å². The maximum Gasteiger partial charge on any atom is 0.244 e. The van der Waals surface area contributed by atoms with Gasteiger partial charge in [-0.05, 0) is 42.7 Å². The molecule has 0 spiro atoms. The number of carbonyl (C=O) groups excluding carboxylic acids is 3. The molecule has 7 heteroatoms. The molecule has 1 aliphatic rings. The van der Waals surface area contributed by atoms with E-state index in [0.29, 0.717) is 6.42 Å². The molecule has 1 aliphatic carbocycles. The van der Waals surface area contributed by atoms with E-state index in [2.05, 4.69) is 17.4 Å². The first-order valence-electron chi connectivity index (χ1n) is 8.05. The van der Waals surface area contributed by atoms with Crippen LogP contribution >= 0.6 is 0 Å². The Bertz CT molecular complexity index is 618. The number of fused-ring (bicyclic) bond motifs is 1. The quantitative estimate of drug-likeness (QED) is 0.423. The summed E-state index contributed by atoms with van der Waals surface area (Å²) >= 11 is 0. The van der Waals surface area contributed by atoms with E-state index in [1.165, 1.54) is 11.1 Å². The lowest BCUT2D eigenvalue weighted by Crippen LogP contribution is -2.40. The van der Waals surface area contributed by atoms with Crippen molar-refractivity contribution in [3.8, 4) is 0 Å². The summed E-state index contributed by atoms with van der Waals surface area (Å²) in [7, 11) is 0. The van der Waals surface area contributed by atoms with E-state index >= 15 is 0 Å². The molecular formula is C17H23N3O4. The van der Waals surface area contributed by atoms with Crippen LogP contribution in [0.5, 0.6) is 0 Å². The highest BCUT2D eigenvalue weighted by molar-refractivity contribution is 5.88. The van der Waals surface area contributed by atoms with E-state index < -0.39 is 23.6 Å². The lowest BCUT2D eigenvalue weighted by Gasteiger charge is -2.27. The van der Waals surface area contributed by atoms with Crippen molar-refractivity contribution < 1.29 is 19.6 Å². The molecule has 0 radical (unpaired) electrons. The summed E-state index contributed by atoms with van der Waals surface area (Å²) in [5.41, 5.74) is 9.20. The fourth-order valence-corrected chi connectivity index (χ4v) is 3.25. The van der Waals surface area contributed by atoms with Gasteiger partial charge in [-0.15, -0.1) is 0 Å². The van der Waals surface area contributed by atoms with Gasteiger partial charge in [-0.2, -0.15) is 0 Å². The molecule has 2 unspecified atom stereocenters. The van der Waals surface area contributed by atoms with Crippen molar-refractivity contribution in [3.05, 3.63) is 35.4 Å². The minimum atomic E-state index is -0.639. The largest absolute Gasteiger partial charge is 0.368 e. The van der Waals surface area contributed by atoms with Crippen LogP contribution in [0.4, 0.5) is 0 Å². The number of aryl methyl sites for hydroxylation is 1. The molecule has 0 bridgehead atoms. The summed E-state index contributed by atoms with van der Waals surface area (Å²) in [6, 6.07) is 8.22. The summed E-state index contributed by atoms with van der Waals surface area (Å²) in [6.45, 7) is -0.260. The Morgan fingerprint density at radius 2 is 1.96 bits per heavy atom. The van der Waals surface area contributed by atoms with Crippen molar-refractivity contribution in [3.63, 3.8) is 0 Å². The molecule has 0 aliphatic heterocycles. The Balaban J connectivity index is 2.01. The fourth-order valence-electron chi connectivity index (χ4n) is 3.25. The molecule has 0 heterocycles. The zero-order valence-electron chi connectivity index (χ0n) is 13.5. The molecule has 1 aromatic carbocycles. The number of hydrogen-bond donors (Lipinski definition) is 4. The molecule has 0 fully saturated rings. The van der Waals surface area contributed by atoms with Gasteiger partial charge in [0, 0.05) is 12.3 Å². The Hall–Kier alpha value is -2.41. The van der Waals surface area contributed by atoms with Gasteiger partial charge in [-0.1, -0.05) is 24.3 Å². The third-order valence-corrected chi connectivity index (χ3v) is 4.43. The van der Waals surface area contributed by atoms with Gasteiger partial charge in [0.2, 0.25) is 17.7 Å². The molecule has 2 atom stereocenters. The number of hydroxylamine groups is 1. The predicted octanol–water partition coefficient (Wildman–Crippen LogP) is 0.295. The molecule has 0 saturated carbocycles. The Morgan fingerprint density at radius 3 is 2.62 bits per heavy atom. The number of primary amides is 1. The van der Waals surface area contributed by atoms with Crippen LogP contribution in [0.25, 0.3) is 0 Å². The summed E-state index contributed by atoms with van der Waals surface area (Å²) in [6.07, 6.45) is 3.14. The molecule has 2 rings (SSSR count). The smallest absolute Gasteiger partial charge is 0.244 e. The van der Waals surface area contributed by atoms with Crippen molar-refractivity contribution in [1.29, 1.82) is 0 Å². The second-order valence-electron chi connectivity index (χ2n) is 6.23. The first kappa shape index (κ1) is 17.9. The fraction of sp³-hybridized carbons (Fsp3) is 0.471. The second kappa shape index (κ2) is 8.44. The number of nitrogens with two attached hydrogens (primary N) is 1. The monoisotopic (exact) mass is 333 g/mol. The Kier molecular flexibility index (Phi) is 6.31. The van der Waals surface area contributed by atoms with Crippen molar-refractivity contribution in [2.24, 2.45) is 17.6 Å². The van der Waals surface area contributed by atoms with E-state index in [1.807, 2.05) is 12.1 Å². The minimum Gasteiger partial charge on any atom is -0.368 e. The minimum absolute atomic E-state index is 0.126. The van der Waals surface area contributed by atoms with Crippen molar-refractivity contribution in [1.82, 2.24) is 10.8 Å². The normalized spacial score (nSPS) is 17.5. The summed E-state index contributed by atoms with van der Waals surface area (Å²) < 4.78 is 0. The van der Waals surface area contributed by atoms with Crippen LogP contribution in [0.3, 0.4) is 0 Å². The molecule has 0 aromatic heterocycles. The van der Waals surface area contributed by atoms with Gasteiger partial charge in [0.05, 0.1) is 6.54 Å². The average molecular weight is 333 g/mol. The van der Waals surface area contributed by atoms with Gasteiger partial charge in [0.1, 0.15) is 0 Å². The van der Waals surface area contributed by atoms with Crippen molar-refractivity contribution in [2.75, 3.05) is 6.54 Å². The van der Waals surface area contributed by atoms with Gasteiger partial charge >= 0.3 is 0 Å². The maximum atomic E-state index is 12.2. The van der Waals surface area contributed by atoms with Crippen LogP contribution in [0.1, 0.15) is 30.4 Å². The molecule has 7 nitrogen and oxygen atoms in total. The topological polar surface area (TPSA) is 122 Å². The van der Waals surface area contributed by atoms with E-state index in [0.717, 1.165) is 19.3 Å². The van der Waals surface area contributed by atoms with Crippen LogP contribution in [0.2, 0.25) is 0 Å². The van der Waals surface area contributed by atoms with Gasteiger partial charge in [-0.25, -0.2) is 5.48 Å². The van der Waals surface area contributed by atoms with Crippen LogP contribution in [-0.2, 0) is 27.2 Å². The third-order valence-electron chi connectivity index (χ3n) is 4.43. The lowest BCUT2D eigenvalue weighted by atomic mass is 9.78. The molecular weight excluding hydrogens is 310 g/mol. The number of benzene rings is 1. The zero-order chi connectivity index (χ0) is 17.5. The van der Waals surface area contributed by atoms with Crippen LogP contribution < -0.4 is 16.5 Å². The average Bonchev–Trinajstić information content (AvgIpc) is 2.58. The summed E-state index contributed by atoms with van der Waals surface area (Å²) in [5.74, 6) is -1.98. The standard InChI is InChI=1S/C17H23N3O4/c18-15(21)10-19-17(23)14(9-16(22)20-24)8-11-5-6-12-3-1-2-4-13(12)7-11/h1-4,11,14,24H,5-10H2,(H2,18,21)(H,19,23)(H,20,22). The van der Waals surface area contributed by atoms with Gasteiger partial charge in [0.15, 0.2) is 0 Å². The van der Waals surface area contributed by atoms with Gasteiger partial charge in [0.25, 0.3) is 0 Å². The maximum absolute atomic E-state index is 12.2. The van der Waals surface area contributed by atoms with Gasteiger partial charge < -0.3 is 11.1 Å². The highest BCUT2D eigenvalue weighted by Gasteiger charge is 2.28. The SMILES string of the molecule is NC(=O)CNC(=O)C(CC(=O)NO)CC1CCc2ccccc2C1. The predicted molar refractivity (Wildman–Crippen MR) is 86.8 cm³/mol. The van der Waals surface area contributed by atoms with Crippen LogP contribution in [0, 0.1) is 11.8 Å². The number of hydrogen-bond acceptors (Lipinski definition) is 4. The molecule has 5 N–H and O–H groups in total. The first-order valence-corrected chi connectivity index (χ1v) is 8.05. The Labute approximate surface area is 140 Å². The number of amides is 3. The van der Waals surface area contributed by atoms with Crippen molar-refractivity contribution in [2.45, 2.75) is 32.1 Å². The van der Waals surface area contributed by atoms with E-state index in [9.17, 15) is 14.4 Å². The first-order chi connectivity index (χ1) is 11.5. The molecule has 1 aromatic rings. The third kappa shape index (κ3) is 5.06. The second-order valence-corrected chi connectivity index (χ2v) is 6.23. The number of carbonyl (C=O) groups is 3. The van der Waals surface area contributed by atoms with Gasteiger partial charge in [-0.3, -0.25) is 19.6 Å². The van der Waals surface area contributed by atoms with E-state index in [1.54, 1.807) is 5.48 Å². The summed E-state index contributed by atoms with van der Waals surface area (Å²) in [4.78, 5) is 34.5. The Morgan fingerprint density at radius 1 is 1.25 bits per heavy atom. The van der Waals surface area contributed by atoms with Crippen LogP contribution in [-0.4, -0.2) is 29.5 Å². The highest BCUT2D eigenvalue weighted by atomic mass is 16.5. The lowest BCUT2D eigenvalue weighted by molar-refractivity contribution is -0.135. The molecule has 0 saturated heterocycles. The molecule has 24 heavy (non-hydrogen) atoms. The highest BCUT2D eigenvalue weighted by Crippen LogP contribution is 2.30. The van der Waals surface area contributed by atoms with Crippen molar-refractivity contribution >= 4 is 17.7 Å². The van der Waals surface area contributed by atoms with E-state index in [-0.39, 0.29) is 18.9 Å². The number of rotatable bonds is 7. The number of nitrogens with one attached hydrogen (secondary N) is 2.